The van der Waals surface area contributed by atoms with Crippen LogP contribution in [-0.4, -0.2) is 35.6 Å². The molecular weight excluding hydrogens is 514 g/mol. The summed E-state index contributed by atoms with van der Waals surface area (Å²) in [6, 6.07) is 21.7. The number of aromatic nitrogens is 2. The molecule has 3 aliphatic rings. The van der Waals surface area contributed by atoms with Gasteiger partial charge in [-0.3, -0.25) is 4.79 Å². The van der Waals surface area contributed by atoms with Crippen molar-refractivity contribution >= 4 is 23.2 Å². The van der Waals surface area contributed by atoms with Gasteiger partial charge in [0, 0.05) is 53.3 Å². The first-order valence-electron chi connectivity index (χ1n) is 14.2. The Morgan fingerprint density at radius 1 is 1.05 bits per heavy atom. The Balaban J connectivity index is 1.27. The molecular formula is C33H35N5O3. The van der Waals surface area contributed by atoms with Crippen molar-refractivity contribution in [2.75, 3.05) is 30.8 Å². The maximum Gasteiger partial charge on any atom is 0.251 e. The molecule has 0 saturated heterocycles. The van der Waals surface area contributed by atoms with Crippen molar-refractivity contribution in [1.82, 2.24) is 15.3 Å². The van der Waals surface area contributed by atoms with Gasteiger partial charge in [-0.25, -0.2) is 9.97 Å². The summed E-state index contributed by atoms with van der Waals surface area (Å²) >= 11 is 0. The molecule has 1 aromatic heterocycles. The molecule has 1 aliphatic carbocycles. The van der Waals surface area contributed by atoms with Crippen molar-refractivity contribution in [2.24, 2.45) is 5.92 Å². The quantitative estimate of drug-likeness (QED) is 0.274. The van der Waals surface area contributed by atoms with Crippen molar-refractivity contribution < 1.29 is 14.3 Å². The van der Waals surface area contributed by atoms with Gasteiger partial charge in [-0.05, 0) is 78.8 Å². The number of hydrogen-bond acceptors (Lipinski definition) is 7. The van der Waals surface area contributed by atoms with E-state index in [-0.39, 0.29) is 11.8 Å². The zero-order valence-electron chi connectivity index (χ0n) is 23.2. The fraction of sp³-hybridized carbons (Fsp3) is 0.303. The first-order valence-corrected chi connectivity index (χ1v) is 14.2. The number of ether oxygens (including phenoxy) is 2. The highest BCUT2D eigenvalue weighted by atomic mass is 16.5. The minimum atomic E-state index is -0.151. The van der Waals surface area contributed by atoms with Gasteiger partial charge < -0.3 is 25.8 Å². The summed E-state index contributed by atoms with van der Waals surface area (Å²) in [5.41, 5.74) is 13.4. The van der Waals surface area contributed by atoms with Crippen molar-refractivity contribution in [2.45, 2.75) is 38.7 Å². The molecule has 4 N–H and O–H groups in total. The van der Waals surface area contributed by atoms with E-state index >= 15 is 0 Å². The largest absolute Gasteiger partial charge is 0.493 e. The van der Waals surface area contributed by atoms with Crippen molar-refractivity contribution in [3.63, 3.8) is 0 Å². The Morgan fingerprint density at radius 3 is 2.85 bits per heavy atom. The lowest BCUT2D eigenvalue weighted by Gasteiger charge is -2.18. The highest BCUT2D eigenvalue weighted by molar-refractivity contribution is 5.96. The number of nitrogen functional groups attached to an aromatic ring is 1. The third kappa shape index (κ3) is 6.18. The molecule has 3 heterocycles. The Morgan fingerprint density at radius 2 is 1.95 bits per heavy atom. The van der Waals surface area contributed by atoms with E-state index in [1.807, 2.05) is 24.3 Å². The Kier molecular flexibility index (Phi) is 7.82. The molecule has 4 aromatic rings. The Labute approximate surface area is 240 Å². The fourth-order valence-corrected chi connectivity index (χ4v) is 5.54. The number of aryl methyl sites for hydroxylation is 1. The van der Waals surface area contributed by atoms with Gasteiger partial charge in [0.05, 0.1) is 18.9 Å². The maximum absolute atomic E-state index is 12.7. The number of nitrogens with zero attached hydrogens (tertiary/aromatic N) is 2. The molecule has 0 fully saturated rings. The molecule has 210 valence electrons. The van der Waals surface area contributed by atoms with E-state index in [2.05, 4.69) is 51.8 Å². The van der Waals surface area contributed by atoms with E-state index in [4.69, 9.17) is 15.2 Å². The number of rotatable bonds is 3. The van der Waals surface area contributed by atoms with Crippen LogP contribution >= 0.6 is 0 Å². The second kappa shape index (κ2) is 12.0. The van der Waals surface area contributed by atoms with Crippen LogP contribution in [0.15, 0.2) is 72.9 Å². The molecule has 0 saturated carbocycles. The standard InChI is InChI=1S/C33H35N5O3/c1-21-12-14-35-32(39)23-8-10-28(29(34)17-23)30-13-15-36-33(38-30)37-26-9-11-31(25(16-26)19-40-18-21)41-20-24-7-6-22-4-2-3-5-27(22)24/h2-5,8-11,13,15-17,21,24H,6-7,12,14,18-20,34H2,1H3,(H,35,39)(H,36,37,38). The van der Waals surface area contributed by atoms with Crippen LogP contribution < -0.4 is 21.1 Å². The SMILES string of the molecule is CC1CCNC(=O)c2ccc(c(N)c2)-c2ccnc(n2)Nc2ccc(OCC3CCc4ccccc43)c(c2)COC1. The predicted octanol–water partition coefficient (Wildman–Crippen LogP) is 5.86. The zero-order chi connectivity index (χ0) is 28.2. The highest BCUT2D eigenvalue weighted by Gasteiger charge is 2.23. The van der Waals surface area contributed by atoms with Gasteiger partial charge in [-0.2, -0.15) is 0 Å². The topological polar surface area (TPSA) is 111 Å². The van der Waals surface area contributed by atoms with Crippen LogP contribution in [0.25, 0.3) is 11.3 Å². The molecule has 6 bridgehead atoms. The number of nitrogens with one attached hydrogen (secondary N) is 2. The Bertz CT molecular complexity index is 1560. The molecule has 8 heteroatoms. The molecule has 0 radical (unpaired) electrons. The molecule has 8 nitrogen and oxygen atoms in total. The first kappa shape index (κ1) is 26.8. The van der Waals surface area contributed by atoms with Gasteiger partial charge >= 0.3 is 0 Å². The average Bonchev–Trinajstić information content (AvgIpc) is 3.39. The van der Waals surface area contributed by atoms with E-state index < -0.39 is 0 Å². The monoisotopic (exact) mass is 549 g/mol. The summed E-state index contributed by atoms with van der Waals surface area (Å²) in [6.45, 7) is 4.27. The smallest absolute Gasteiger partial charge is 0.251 e. The summed E-state index contributed by atoms with van der Waals surface area (Å²) in [4.78, 5) is 21.8. The van der Waals surface area contributed by atoms with E-state index in [1.54, 1.807) is 24.4 Å². The number of hydrogen-bond donors (Lipinski definition) is 3. The Hall–Kier alpha value is -4.43. The van der Waals surface area contributed by atoms with Crippen LogP contribution in [0.5, 0.6) is 5.75 Å². The van der Waals surface area contributed by atoms with Gasteiger partial charge in [0.25, 0.3) is 5.91 Å². The molecule has 2 unspecified atom stereocenters. The zero-order valence-corrected chi connectivity index (χ0v) is 23.2. The average molecular weight is 550 g/mol. The number of anilines is 3. The van der Waals surface area contributed by atoms with Gasteiger partial charge in [0.15, 0.2) is 0 Å². The van der Waals surface area contributed by atoms with Crippen LogP contribution in [0.4, 0.5) is 17.3 Å². The number of fused-ring (bicyclic) bond motifs is 10. The fourth-order valence-electron chi connectivity index (χ4n) is 5.54. The number of carbonyl (C=O) groups excluding carboxylic acids is 1. The van der Waals surface area contributed by atoms with Gasteiger partial charge in [-0.1, -0.05) is 31.2 Å². The molecule has 41 heavy (non-hydrogen) atoms. The van der Waals surface area contributed by atoms with Gasteiger partial charge in [-0.15, -0.1) is 0 Å². The van der Waals surface area contributed by atoms with Crippen LogP contribution in [0.3, 0.4) is 0 Å². The number of carbonyl (C=O) groups is 1. The third-order valence-electron chi connectivity index (χ3n) is 7.84. The number of benzene rings is 3. The van der Waals surface area contributed by atoms with Crippen molar-refractivity contribution in [3.05, 3.63) is 95.2 Å². The summed E-state index contributed by atoms with van der Waals surface area (Å²) in [7, 11) is 0. The summed E-state index contributed by atoms with van der Waals surface area (Å²) in [6.07, 6.45) is 4.68. The molecule has 0 spiro atoms. The third-order valence-corrected chi connectivity index (χ3v) is 7.84. The second-order valence-corrected chi connectivity index (χ2v) is 10.9. The normalized spacial score (nSPS) is 18.8. The lowest BCUT2D eigenvalue weighted by molar-refractivity contribution is 0.0851. The van der Waals surface area contributed by atoms with Crippen molar-refractivity contribution in [3.8, 4) is 17.0 Å². The lowest BCUT2D eigenvalue weighted by atomic mass is 10.0. The summed E-state index contributed by atoms with van der Waals surface area (Å²) in [5.74, 6) is 1.75. The number of nitrogens with two attached hydrogens (primary N) is 1. The lowest BCUT2D eigenvalue weighted by Crippen LogP contribution is -2.26. The summed E-state index contributed by atoms with van der Waals surface area (Å²) in [5, 5.41) is 6.32. The van der Waals surface area contributed by atoms with E-state index in [0.29, 0.717) is 55.2 Å². The van der Waals surface area contributed by atoms with Gasteiger partial charge in [0.1, 0.15) is 5.75 Å². The van der Waals surface area contributed by atoms with E-state index in [9.17, 15) is 4.79 Å². The van der Waals surface area contributed by atoms with Gasteiger partial charge in [0.2, 0.25) is 5.95 Å². The minimum absolute atomic E-state index is 0.151. The maximum atomic E-state index is 12.7. The van der Waals surface area contributed by atoms with Crippen LogP contribution in [0.1, 0.15) is 52.7 Å². The first-order chi connectivity index (χ1) is 20.0. The van der Waals surface area contributed by atoms with Crippen LogP contribution in [0.2, 0.25) is 0 Å². The molecule has 1 amide bonds. The van der Waals surface area contributed by atoms with Crippen LogP contribution in [0, 0.1) is 5.92 Å². The predicted molar refractivity (Wildman–Crippen MR) is 160 cm³/mol. The van der Waals surface area contributed by atoms with E-state index in [0.717, 1.165) is 41.8 Å². The molecule has 2 aliphatic heterocycles. The second-order valence-electron chi connectivity index (χ2n) is 10.9. The van der Waals surface area contributed by atoms with E-state index in [1.165, 1.54) is 11.1 Å². The number of amides is 1. The molecule has 7 rings (SSSR count). The summed E-state index contributed by atoms with van der Waals surface area (Å²) < 4.78 is 12.6. The molecule has 3 aromatic carbocycles. The van der Waals surface area contributed by atoms with Crippen molar-refractivity contribution in [1.29, 1.82) is 0 Å². The minimum Gasteiger partial charge on any atom is -0.493 e. The molecule has 2 atom stereocenters. The van der Waals surface area contributed by atoms with Crippen LogP contribution in [-0.2, 0) is 17.8 Å². The highest BCUT2D eigenvalue weighted by Crippen LogP contribution is 2.34.